The predicted molar refractivity (Wildman–Crippen MR) is 98.1 cm³/mol. The highest BCUT2D eigenvalue weighted by molar-refractivity contribution is 5.92. The van der Waals surface area contributed by atoms with E-state index in [2.05, 4.69) is 17.3 Å². The summed E-state index contributed by atoms with van der Waals surface area (Å²) in [7, 11) is 0. The third kappa shape index (κ3) is 3.98. The summed E-state index contributed by atoms with van der Waals surface area (Å²) in [4.78, 5) is 24.9. The molecule has 0 unspecified atom stereocenters. The SMILES string of the molecule is CCC1CCC(NC(=O)c2nn(-c3ccccc3)c(C)cc2=O)CC1. The second-order valence-corrected chi connectivity index (χ2v) is 6.85. The van der Waals surface area contributed by atoms with Crippen molar-refractivity contribution in [3.05, 3.63) is 58.0 Å². The van der Waals surface area contributed by atoms with Gasteiger partial charge in [0, 0.05) is 17.8 Å². The minimum atomic E-state index is -0.366. The Morgan fingerprint density at radius 3 is 2.52 bits per heavy atom. The van der Waals surface area contributed by atoms with E-state index < -0.39 is 0 Å². The summed E-state index contributed by atoms with van der Waals surface area (Å²) in [6.45, 7) is 4.03. The zero-order valence-corrected chi connectivity index (χ0v) is 14.9. The summed E-state index contributed by atoms with van der Waals surface area (Å²) in [5.74, 6) is 0.399. The van der Waals surface area contributed by atoms with E-state index >= 15 is 0 Å². The van der Waals surface area contributed by atoms with Gasteiger partial charge in [-0.15, -0.1) is 0 Å². The van der Waals surface area contributed by atoms with Crippen molar-refractivity contribution in [3.8, 4) is 5.69 Å². The molecule has 1 N–H and O–H groups in total. The lowest BCUT2D eigenvalue weighted by molar-refractivity contribution is 0.0913. The summed E-state index contributed by atoms with van der Waals surface area (Å²) in [5, 5.41) is 7.33. The molecule has 0 atom stereocenters. The van der Waals surface area contributed by atoms with Crippen molar-refractivity contribution in [2.24, 2.45) is 5.92 Å². The molecule has 0 radical (unpaired) electrons. The highest BCUT2D eigenvalue weighted by atomic mass is 16.2. The van der Waals surface area contributed by atoms with Gasteiger partial charge in [-0.3, -0.25) is 9.59 Å². The molecule has 5 nitrogen and oxygen atoms in total. The van der Waals surface area contributed by atoms with Gasteiger partial charge in [0.05, 0.1) is 5.69 Å². The fourth-order valence-corrected chi connectivity index (χ4v) is 3.50. The van der Waals surface area contributed by atoms with Crippen molar-refractivity contribution in [2.45, 2.75) is 52.0 Å². The van der Waals surface area contributed by atoms with Crippen LogP contribution >= 0.6 is 0 Å². The minimum Gasteiger partial charge on any atom is -0.348 e. The third-order valence-electron chi connectivity index (χ3n) is 5.08. The van der Waals surface area contributed by atoms with Crippen LogP contribution in [0.2, 0.25) is 0 Å². The lowest BCUT2D eigenvalue weighted by Crippen LogP contribution is -2.40. The van der Waals surface area contributed by atoms with Crippen LogP contribution in [0.5, 0.6) is 0 Å². The first-order chi connectivity index (χ1) is 12.1. The quantitative estimate of drug-likeness (QED) is 0.930. The molecule has 1 heterocycles. The molecule has 5 heteroatoms. The molecule has 1 aromatic carbocycles. The zero-order valence-electron chi connectivity index (χ0n) is 14.9. The molecule has 1 fully saturated rings. The maximum absolute atomic E-state index is 12.6. The van der Waals surface area contributed by atoms with Crippen molar-refractivity contribution in [2.75, 3.05) is 0 Å². The Morgan fingerprint density at radius 2 is 1.88 bits per heavy atom. The average Bonchev–Trinajstić information content (AvgIpc) is 2.63. The second-order valence-electron chi connectivity index (χ2n) is 6.85. The normalized spacial score (nSPS) is 20.2. The van der Waals surface area contributed by atoms with Crippen LogP contribution in [-0.2, 0) is 0 Å². The maximum Gasteiger partial charge on any atom is 0.276 e. The molecular formula is C20H25N3O2. The number of nitrogens with one attached hydrogen (secondary N) is 1. The first-order valence-electron chi connectivity index (χ1n) is 9.05. The number of carbonyl (C=O) groups is 1. The van der Waals surface area contributed by atoms with Gasteiger partial charge in [0.1, 0.15) is 0 Å². The van der Waals surface area contributed by atoms with E-state index in [0.717, 1.165) is 37.3 Å². The fourth-order valence-electron chi connectivity index (χ4n) is 3.50. The number of carbonyl (C=O) groups excluding carboxylic acids is 1. The van der Waals surface area contributed by atoms with E-state index in [0.29, 0.717) is 5.69 Å². The maximum atomic E-state index is 12.6. The number of benzene rings is 1. The van der Waals surface area contributed by atoms with E-state index in [1.54, 1.807) is 4.68 Å². The van der Waals surface area contributed by atoms with Crippen molar-refractivity contribution >= 4 is 5.91 Å². The smallest absolute Gasteiger partial charge is 0.276 e. The van der Waals surface area contributed by atoms with Gasteiger partial charge in [0.15, 0.2) is 5.69 Å². The van der Waals surface area contributed by atoms with Crippen LogP contribution in [-0.4, -0.2) is 21.7 Å². The summed E-state index contributed by atoms with van der Waals surface area (Å²) in [6.07, 6.45) is 5.42. The second kappa shape index (κ2) is 7.64. The van der Waals surface area contributed by atoms with E-state index in [4.69, 9.17) is 0 Å². The number of rotatable bonds is 4. The Kier molecular flexibility index (Phi) is 5.31. The predicted octanol–water partition coefficient (Wildman–Crippen LogP) is 3.24. The van der Waals surface area contributed by atoms with E-state index in [9.17, 15) is 9.59 Å². The number of aromatic nitrogens is 2. The molecule has 25 heavy (non-hydrogen) atoms. The Labute approximate surface area is 148 Å². The molecule has 0 bridgehead atoms. The van der Waals surface area contributed by atoms with Crippen LogP contribution in [0.15, 0.2) is 41.2 Å². The molecule has 1 saturated carbocycles. The molecule has 0 spiro atoms. The largest absolute Gasteiger partial charge is 0.348 e. The van der Waals surface area contributed by atoms with Crippen molar-refractivity contribution < 1.29 is 4.79 Å². The van der Waals surface area contributed by atoms with Gasteiger partial charge < -0.3 is 5.32 Å². The van der Waals surface area contributed by atoms with Gasteiger partial charge in [-0.2, -0.15) is 5.10 Å². The molecule has 0 aliphatic heterocycles. The number of para-hydroxylation sites is 1. The lowest BCUT2D eigenvalue weighted by atomic mass is 9.84. The molecule has 1 aliphatic rings. The van der Waals surface area contributed by atoms with Crippen molar-refractivity contribution in [1.29, 1.82) is 0 Å². The van der Waals surface area contributed by atoms with E-state index in [1.807, 2.05) is 37.3 Å². The van der Waals surface area contributed by atoms with Crippen LogP contribution < -0.4 is 10.7 Å². The molecule has 0 saturated heterocycles. The number of nitrogens with zero attached hydrogens (tertiary/aromatic N) is 2. The molecule has 1 aliphatic carbocycles. The van der Waals surface area contributed by atoms with Crippen LogP contribution in [0, 0.1) is 12.8 Å². The van der Waals surface area contributed by atoms with Crippen molar-refractivity contribution in [3.63, 3.8) is 0 Å². The molecule has 1 amide bonds. The number of amides is 1. The van der Waals surface area contributed by atoms with Crippen LogP contribution in [0.1, 0.15) is 55.2 Å². The number of aryl methyl sites for hydroxylation is 1. The summed E-state index contributed by atoms with van der Waals surface area (Å²) < 4.78 is 1.64. The zero-order chi connectivity index (χ0) is 17.8. The van der Waals surface area contributed by atoms with Gasteiger partial charge in [0.2, 0.25) is 5.43 Å². The van der Waals surface area contributed by atoms with E-state index in [-0.39, 0.29) is 23.1 Å². The topological polar surface area (TPSA) is 64.0 Å². The van der Waals surface area contributed by atoms with Crippen LogP contribution in [0.25, 0.3) is 5.69 Å². The first kappa shape index (κ1) is 17.4. The van der Waals surface area contributed by atoms with Crippen LogP contribution in [0.3, 0.4) is 0 Å². The number of hydrogen-bond donors (Lipinski definition) is 1. The fraction of sp³-hybridized carbons (Fsp3) is 0.450. The minimum absolute atomic E-state index is 0.0351. The summed E-state index contributed by atoms with van der Waals surface area (Å²) in [5.41, 5.74) is 1.17. The Balaban J connectivity index is 1.80. The van der Waals surface area contributed by atoms with Crippen molar-refractivity contribution in [1.82, 2.24) is 15.1 Å². The van der Waals surface area contributed by atoms with Gasteiger partial charge in [-0.1, -0.05) is 31.5 Å². The molecule has 1 aromatic heterocycles. The highest BCUT2D eigenvalue weighted by Crippen LogP contribution is 2.26. The van der Waals surface area contributed by atoms with Gasteiger partial charge in [-0.25, -0.2) is 4.68 Å². The van der Waals surface area contributed by atoms with Gasteiger partial charge in [0.25, 0.3) is 5.91 Å². The molecule has 2 aromatic rings. The third-order valence-corrected chi connectivity index (χ3v) is 5.08. The summed E-state index contributed by atoms with van der Waals surface area (Å²) in [6, 6.07) is 11.1. The Bertz CT molecular complexity index is 790. The monoisotopic (exact) mass is 339 g/mol. The standard InChI is InChI=1S/C20H25N3O2/c1-3-15-9-11-16(12-10-15)21-20(25)19-18(24)13-14(2)23(22-19)17-7-5-4-6-8-17/h4-8,13,15-16H,3,9-12H2,1-2H3,(H,21,25). The van der Waals surface area contributed by atoms with Gasteiger partial charge in [-0.05, 0) is 50.7 Å². The average molecular weight is 339 g/mol. The Morgan fingerprint density at radius 1 is 1.20 bits per heavy atom. The van der Waals surface area contributed by atoms with Crippen LogP contribution in [0.4, 0.5) is 0 Å². The Hall–Kier alpha value is -2.43. The molecular weight excluding hydrogens is 314 g/mol. The summed E-state index contributed by atoms with van der Waals surface area (Å²) >= 11 is 0. The molecule has 132 valence electrons. The van der Waals surface area contributed by atoms with Gasteiger partial charge >= 0.3 is 0 Å². The highest BCUT2D eigenvalue weighted by Gasteiger charge is 2.23. The first-order valence-corrected chi connectivity index (χ1v) is 9.05. The lowest BCUT2D eigenvalue weighted by Gasteiger charge is -2.28. The number of hydrogen-bond acceptors (Lipinski definition) is 3. The van der Waals surface area contributed by atoms with E-state index in [1.165, 1.54) is 12.5 Å². The molecule has 3 rings (SSSR count).